The molecule has 0 amide bonds. The van der Waals surface area contributed by atoms with Crippen LogP contribution >= 0.6 is 0 Å². The summed E-state index contributed by atoms with van der Waals surface area (Å²) in [6, 6.07) is 0. The molecule has 3 aliphatic heterocycles. The highest BCUT2D eigenvalue weighted by atomic mass is 16.7. The molecular weight excluding hydrogens is 320 g/mol. The van der Waals surface area contributed by atoms with Crippen LogP contribution in [0.15, 0.2) is 36.5 Å². The van der Waals surface area contributed by atoms with Crippen molar-refractivity contribution in [1.82, 2.24) is 0 Å². The second kappa shape index (κ2) is 10.5. The minimum Gasteiger partial charge on any atom is -0.481 e. The maximum atomic E-state index is 10.5. The van der Waals surface area contributed by atoms with Gasteiger partial charge in [0.1, 0.15) is 0 Å². The Kier molecular flexibility index (Phi) is 8.38. The van der Waals surface area contributed by atoms with Gasteiger partial charge in [-0.3, -0.25) is 4.79 Å². The Morgan fingerprint density at radius 2 is 2.04 bits per heavy atom. The number of rotatable bonds is 11. The van der Waals surface area contributed by atoms with Crippen molar-refractivity contribution in [3.05, 3.63) is 36.5 Å². The van der Waals surface area contributed by atoms with E-state index in [1.165, 1.54) is 0 Å². The third-order valence-corrected chi connectivity index (χ3v) is 4.60. The lowest BCUT2D eigenvalue weighted by Crippen LogP contribution is -2.55. The van der Waals surface area contributed by atoms with E-state index in [9.17, 15) is 9.90 Å². The number of aliphatic carboxylic acids is 1. The highest BCUT2D eigenvalue weighted by Crippen LogP contribution is 2.40. The van der Waals surface area contributed by atoms with Crippen LogP contribution in [0.3, 0.4) is 0 Å². The summed E-state index contributed by atoms with van der Waals surface area (Å²) in [7, 11) is 0. The van der Waals surface area contributed by atoms with Gasteiger partial charge in [-0.1, -0.05) is 43.4 Å². The third kappa shape index (κ3) is 6.77. The zero-order chi connectivity index (χ0) is 18.1. The number of unbranched alkanes of at least 4 members (excludes halogenated alkanes) is 1. The number of hydrogen-bond donors (Lipinski definition) is 2. The van der Waals surface area contributed by atoms with Crippen molar-refractivity contribution in [3.8, 4) is 0 Å². The predicted octanol–water partition coefficient (Wildman–Crippen LogP) is 3.59. The molecule has 2 N–H and O–H groups in total. The molecule has 5 atom stereocenters. The first-order valence-electron chi connectivity index (χ1n) is 9.29. The molecule has 3 aliphatic rings. The van der Waals surface area contributed by atoms with E-state index in [-0.39, 0.29) is 30.8 Å². The van der Waals surface area contributed by atoms with Crippen molar-refractivity contribution in [2.75, 3.05) is 0 Å². The normalized spacial score (nSPS) is 30.2. The summed E-state index contributed by atoms with van der Waals surface area (Å²) in [4.78, 5) is 10.5. The molecule has 5 nitrogen and oxygen atoms in total. The van der Waals surface area contributed by atoms with Gasteiger partial charge < -0.3 is 19.7 Å². The predicted molar refractivity (Wildman–Crippen MR) is 96.1 cm³/mol. The van der Waals surface area contributed by atoms with Crippen LogP contribution in [0, 0.1) is 5.92 Å². The first-order valence-corrected chi connectivity index (χ1v) is 9.29. The van der Waals surface area contributed by atoms with E-state index in [0.717, 1.165) is 25.7 Å². The number of hydrogen-bond acceptors (Lipinski definition) is 4. The molecule has 2 bridgehead atoms. The average Bonchev–Trinajstić information content (AvgIpc) is 2.55. The molecule has 5 heteroatoms. The lowest BCUT2D eigenvalue weighted by atomic mass is 9.84. The molecule has 3 fully saturated rings. The van der Waals surface area contributed by atoms with Gasteiger partial charge in [0.2, 0.25) is 0 Å². The van der Waals surface area contributed by atoms with Crippen LogP contribution in [-0.4, -0.2) is 40.8 Å². The van der Waals surface area contributed by atoms with Gasteiger partial charge in [-0.05, 0) is 32.1 Å². The number of ether oxygens (including phenoxy) is 2. The molecule has 3 rings (SSSR count). The van der Waals surface area contributed by atoms with Gasteiger partial charge in [0, 0.05) is 18.8 Å². The molecular formula is C20H30O5. The highest BCUT2D eigenvalue weighted by molar-refractivity contribution is 5.66. The Morgan fingerprint density at radius 3 is 2.76 bits per heavy atom. The molecule has 3 saturated heterocycles. The van der Waals surface area contributed by atoms with Crippen LogP contribution < -0.4 is 0 Å². The van der Waals surface area contributed by atoms with Crippen molar-refractivity contribution >= 4 is 5.97 Å². The van der Waals surface area contributed by atoms with Gasteiger partial charge in [-0.2, -0.15) is 0 Å². The third-order valence-electron chi connectivity index (χ3n) is 4.60. The first-order chi connectivity index (χ1) is 12.1. The zero-order valence-corrected chi connectivity index (χ0v) is 14.9. The topological polar surface area (TPSA) is 76.0 Å². The Labute approximate surface area is 150 Å². The van der Waals surface area contributed by atoms with Gasteiger partial charge in [0.15, 0.2) is 6.29 Å². The Bertz CT molecular complexity index is 490. The molecule has 0 aliphatic carbocycles. The molecule has 140 valence electrons. The summed E-state index contributed by atoms with van der Waals surface area (Å²) < 4.78 is 11.6. The number of carbonyl (C=O) groups is 1. The van der Waals surface area contributed by atoms with Gasteiger partial charge in [-0.15, -0.1) is 0 Å². The summed E-state index contributed by atoms with van der Waals surface area (Å²) in [6.07, 6.45) is 16.6. The van der Waals surface area contributed by atoms with Crippen LogP contribution in [0.5, 0.6) is 0 Å². The van der Waals surface area contributed by atoms with Crippen molar-refractivity contribution < 1.29 is 24.5 Å². The lowest BCUT2D eigenvalue weighted by molar-refractivity contribution is -0.337. The number of aliphatic hydroxyl groups excluding tert-OH is 1. The standard InChI is InChI=1S/C20H30O5/c1-2-3-6-9-15(21)12-13-17-16(18-14-20(24-17)25-18)10-7-4-5-8-11-19(22)23/h3-4,6-7,12-13,15-18,20-21H,2,5,8-11,14H2,1H3,(H,22,23)/b6-3-,7-4-,13-12+/t15-,16+,17+,18-,20+/m0/s1. The number of aliphatic hydroxyl groups is 1. The van der Waals surface area contributed by atoms with Crippen LogP contribution in [0.1, 0.15) is 51.9 Å². The fourth-order valence-electron chi connectivity index (χ4n) is 3.16. The Morgan fingerprint density at radius 1 is 1.24 bits per heavy atom. The average molecular weight is 350 g/mol. The van der Waals surface area contributed by atoms with Crippen molar-refractivity contribution in [2.45, 2.75) is 76.5 Å². The molecule has 3 heterocycles. The second-order valence-electron chi connectivity index (χ2n) is 6.67. The number of carboxylic acid groups (broad SMARTS) is 1. The van der Waals surface area contributed by atoms with Crippen molar-refractivity contribution in [1.29, 1.82) is 0 Å². The van der Waals surface area contributed by atoms with E-state index in [1.807, 2.05) is 24.3 Å². The maximum absolute atomic E-state index is 10.5. The second-order valence-corrected chi connectivity index (χ2v) is 6.67. The minimum absolute atomic E-state index is 0.0361. The zero-order valence-electron chi connectivity index (χ0n) is 14.9. The summed E-state index contributed by atoms with van der Waals surface area (Å²) in [5.41, 5.74) is 0. The fourth-order valence-corrected chi connectivity index (χ4v) is 3.16. The number of carboxylic acids is 1. The molecule has 0 radical (unpaired) electrons. The van der Waals surface area contributed by atoms with Gasteiger partial charge >= 0.3 is 5.97 Å². The van der Waals surface area contributed by atoms with E-state index in [1.54, 1.807) is 0 Å². The van der Waals surface area contributed by atoms with E-state index in [0.29, 0.717) is 12.8 Å². The summed E-state index contributed by atoms with van der Waals surface area (Å²) in [5, 5.41) is 18.6. The van der Waals surface area contributed by atoms with Crippen molar-refractivity contribution in [2.24, 2.45) is 5.92 Å². The number of fused-ring (bicyclic) bond motifs is 2. The first kappa shape index (κ1) is 19.9. The van der Waals surface area contributed by atoms with Crippen molar-refractivity contribution in [3.63, 3.8) is 0 Å². The van der Waals surface area contributed by atoms with Crippen LogP contribution in [0.4, 0.5) is 0 Å². The largest absolute Gasteiger partial charge is 0.481 e. The summed E-state index contributed by atoms with van der Waals surface area (Å²) in [6.45, 7) is 2.07. The Hall–Kier alpha value is -1.43. The monoisotopic (exact) mass is 350 g/mol. The molecule has 0 saturated carbocycles. The van der Waals surface area contributed by atoms with E-state index in [4.69, 9.17) is 14.6 Å². The summed E-state index contributed by atoms with van der Waals surface area (Å²) in [5.74, 6) is -0.504. The van der Waals surface area contributed by atoms with E-state index >= 15 is 0 Å². The Balaban J connectivity index is 1.79. The fraction of sp³-hybridized carbons (Fsp3) is 0.650. The summed E-state index contributed by atoms with van der Waals surface area (Å²) >= 11 is 0. The molecule has 0 aromatic heterocycles. The molecule has 0 aromatic carbocycles. The molecule has 0 unspecified atom stereocenters. The van der Waals surface area contributed by atoms with Gasteiger partial charge in [0.05, 0.1) is 18.3 Å². The van der Waals surface area contributed by atoms with Crippen LogP contribution in [-0.2, 0) is 14.3 Å². The quantitative estimate of drug-likeness (QED) is 0.440. The SMILES string of the molecule is CC/C=C\C[C@H](O)/C=C/[C@H]1O[C@H]2C[C@H](O2)[C@@H]1C/C=C\CCCC(=O)O. The van der Waals surface area contributed by atoms with Gasteiger partial charge in [0.25, 0.3) is 0 Å². The highest BCUT2D eigenvalue weighted by Gasteiger charge is 2.46. The van der Waals surface area contributed by atoms with Crippen LogP contribution in [0.2, 0.25) is 0 Å². The molecule has 0 spiro atoms. The smallest absolute Gasteiger partial charge is 0.303 e. The molecule has 25 heavy (non-hydrogen) atoms. The number of allylic oxidation sites excluding steroid dienone is 3. The van der Waals surface area contributed by atoms with Crippen LogP contribution in [0.25, 0.3) is 0 Å². The molecule has 0 aromatic rings. The lowest BCUT2D eigenvalue weighted by Gasteiger charge is -2.49. The van der Waals surface area contributed by atoms with E-state index in [2.05, 4.69) is 19.1 Å². The van der Waals surface area contributed by atoms with Gasteiger partial charge in [-0.25, -0.2) is 0 Å². The minimum atomic E-state index is -0.750. The van der Waals surface area contributed by atoms with E-state index < -0.39 is 12.1 Å². The maximum Gasteiger partial charge on any atom is 0.303 e.